The van der Waals surface area contributed by atoms with Crippen LogP contribution in [-0.4, -0.2) is 97.2 Å². The molecule has 8 nitrogen and oxygen atoms in total. The van der Waals surface area contributed by atoms with Gasteiger partial charge in [-0.15, -0.1) is 0 Å². The van der Waals surface area contributed by atoms with Crippen molar-refractivity contribution in [2.45, 2.75) is 18.9 Å². The van der Waals surface area contributed by atoms with Gasteiger partial charge in [0.2, 0.25) is 0 Å². The van der Waals surface area contributed by atoms with Gasteiger partial charge in [-0.3, -0.25) is 14.4 Å². The third kappa shape index (κ3) is 19.5. The number of hydrogen-bond donors (Lipinski definition) is 5. The van der Waals surface area contributed by atoms with E-state index in [0.717, 1.165) is 0 Å². The summed E-state index contributed by atoms with van der Waals surface area (Å²) in [6.45, 7) is -0.278. The molecule has 9 heteroatoms. The molecule has 1 atom stereocenters. The fraction of sp³-hybridized carbons (Fsp3) is 0.571. The van der Waals surface area contributed by atoms with Crippen LogP contribution in [0.15, 0.2) is 0 Å². The molecule has 0 spiro atoms. The van der Waals surface area contributed by atoms with Crippen molar-refractivity contribution in [3.63, 3.8) is 0 Å². The average molecular weight is 262 g/mol. The van der Waals surface area contributed by atoms with Crippen LogP contribution in [0.1, 0.15) is 12.8 Å². The van der Waals surface area contributed by atoms with Crippen molar-refractivity contribution in [1.29, 1.82) is 0 Å². The van der Waals surface area contributed by atoms with Crippen molar-refractivity contribution in [3.8, 4) is 0 Å². The number of carbonyl (C=O) groups is 3. The van der Waals surface area contributed by atoms with E-state index in [1.54, 1.807) is 0 Å². The van der Waals surface area contributed by atoms with Crippen LogP contribution in [0.3, 0.4) is 0 Å². The molecule has 7 N–H and O–H groups in total. The molecule has 0 aliphatic carbocycles. The van der Waals surface area contributed by atoms with Crippen LogP contribution >= 0.6 is 0 Å². The van der Waals surface area contributed by atoms with Crippen molar-refractivity contribution in [1.82, 2.24) is 0 Å². The monoisotopic (exact) mass is 262 g/mol. The van der Waals surface area contributed by atoms with E-state index >= 15 is 0 Å². The Morgan fingerprint density at radius 1 is 1.06 bits per heavy atom. The number of aliphatic carboxylic acids is 3. The Bertz CT molecular complexity index is 235. The van der Waals surface area contributed by atoms with Crippen molar-refractivity contribution < 1.29 is 29.7 Å². The van der Waals surface area contributed by atoms with Gasteiger partial charge in [0.05, 0.1) is 6.54 Å². The third-order valence-corrected chi connectivity index (χ3v) is 1.16. The normalized spacial score (nSPS) is 10.1. The van der Waals surface area contributed by atoms with Gasteiger partial charge in [-0.05, 0) is 6.42 Å². The molecular formula is C7H15KN2O6. The molecule has 0 aromatic heterocycles. The van der Waals surface area contributed by atoms with E-state index in [9.17, 15) is 14.4 Å². The Balaban J connectivity index is -0.000000242. The SMILES string of the molecule is NCC(=O)O.N[C@@H](CCC(=O)O)C(=O)O.[KH]. The summed E-state index contributed by atoms with van der Waals surface area (Å²) in [5.74, 6) is -3.16. The summed E-state index contributed by atoms with van der Waals surface area (Å²) >= 11 is 0. The van der Waals surface area contributed by atoms with Gasteiger partial charge in [-0.25, -0.2) is 0 Å². The van der Waals surface area contributed by atoms with Crippen LogP contribution in [0.5, 0.6) is 0 Å². The van der Waals surface area contributed by atoms with Gasteiger partial charge in [-0.1, -0.05) is 0 Å². The molecule has 0 rings (SSSR count). The first-order valence-corrected chi connectivity index (χ1v) is 3.93. The molecule has 0 aliphatic rings. The molecule has 0 aromatic rings. The number of carboxylic acid groups (broad SMARTS) is 3. The maximum atomic E-state index is 9.99. The number of hydrogen-bond acceptors (Lipinski definition) is 5. The zero-order chi connectivity index (χ0) is 12.4. The van der Waals surface area contributed by atoms with Crippen molar-refractivity contribution in [3.05, 3.63) is 0 Å². The van der Waals surface area contributed by atoms with E-state index in [1.165, 1.54) is 0 Å². The summed E-state index contributed by atoms with van der Waals surface area (Å²) in [5, 5.41) is 23.9. The summed E-state index contributed by atoms with van der Waals surface area (Å²) in [6, 6.07) is -1.06. The molecule has 0 unspecified atom stereocenters. The summed E-state index contributed by atoms with van der Waals surface area (Å²) in [5.41, 5.74) is 9.57. The third-order valence-electron chi connectivity index (χ3n) is 1.16. The summed E-state index contributed by atoms with van der Waals surface area (Å²) < 4.78 is 0. The van der Waals surface area contributed by atoms with Gasteiger partial charge in [0.15, 0.2) is 0 Å². The second kappa shape index (κ2) is 13.0. The Hall–Kier alpha value is -0.0336. The molecule has 0 fully saturated rings. The van der Waals surface area contributed by atoms with E-state index in [1.807, 2.05) is 0 Å². The first kappa shape index (κ1) is 21.3. The van der Waals surface area contributed by atoms with E-state index < -0.39 is 23.9 Å². The Morgan fingerprint density at radius 3 is 1.62 bits per heavy atom. The van der Waals surface area contributed by atoms with Crippen LogP contribution in [0.2, 0.25) is 0 Å². The minimum atomic E-state index is -1.17. The molecule has 90 valence electrons. The van der Waals surface area contributed by atoms with Gasteiger partial charge in [-0.2, -0.15) is 0 Å². The molecule has 0 aromatic carbocycles. The predicted octanol–water partition coefficient (Wildman–Crippen LogP) is -2.36. The van der Waals surface area contributed by atoms with Gasteiger partial charge in [0.25, 0.3) is 0 Å². The molecule has 0 aliphatic heterocycles. The van der Waals surface area contributed by atoms with Crippen LogP contribution in [0, 0.1) is 0 Å². The van der Waals surface area contributed by atoms with Gasteiger partial charge >= 0.3 is 69.3 Å². The van der Waals surface area contributed by atoms with E-state index in [4.69, 9.17) is 21.1 Å². The first-order valence-electron chi connectivity index (χ1n) is 3.93. The van der Waals surface area contributed by atoms with Gasteiger partial charge in [0, 0.05) is 6.42 Å². The molecule has 0 saturated carbocycles. The Kier molecular flexibility index (Phi) is 17.3. The molecule has 0 heterocycles. The van der Waals surface area contributed by atoms with E-state index in [-0.39, 0.29) is 70.8 Å². The van der Waals surface area contributed by atoms with E-state index in [2.05, 4.69) is 5.73 Å². The van der Waals surface area contributed by atoms with E-state index in [0.29, 0.717) is 0 Å². The fourth-order valence-electron chi connectivity index (χ4n) is 0.402. The summed E-state index contributed by atoms with van der Waals surface area (Å²) in [7, 11) is 0. The topological polar surface area (TPSA) is 164 Å². The van der Waals surface area contributed by atoms with Crippen LogP contribution < -0.4 is 11.5 Å². The zero-order valence-corrected chi connectivity index (χ0v) is 7.92. The molecule has 0 saturated heterocycles. The predicted molar refractivity (Wildman–Crippen MR) is 56.3 cm³/mol. The standard InChI is InChI=1S/C5H9NO4.C2H5NO2.K.H/c6-3(5(9)10)1-2-4(7)8;3-1-2(4)5;;/h3H,1-2,6H2,(H,7,8)(H,9,10);1,3H2,(H,4,5);;/t3-;;;/m0.../s1. The molecule has 0 bridgehead atoms. The van der Waals surface area contributed by atoms with Crippen molar-refractivity contribution >= 4 is 69.3 Å². The Labute approximate surface area is 134 Å². The molecule has 0 radical (unpaired) electrons. The van der Waals surface area contributed by atoms with Crippen LogP contribution in [0.4, 0.5) is 0 Å². The number of rotatable bonds is 5. The van der Waals surface area contributed by atoms with Gasteiger partial charge in [0.1, 0.15) is 6.04 Å². The second-order valence-electron chi connectivity index (χ2n) is 2.48. The quantitative estimate of drug-likeness (QED) is 0.343. The number of carboxylic acids is 3. The Morgan fingerprint density at radius 2 is 1.44 bits per heavy atom. The minimum absolute atomic E-state index is 0. The fourth-order valence-corrected chi connectivity index (χ4v) is 0.402. The van der Waals surface area contributed by atoms with Crippen LogP contribution in [-0.2, 0) is 14.4 Å². The van der Waals surface area contributed by atoms with Crippen LogP contribution in [0.25, 0.3) is 0 Å². The molecular weight excluding hydrogens is 247 g/mol. The summed E-state index contributed by atoms with van der Waals surface area (Å²) in [6.07, 6.45) is -0.224. The first-order chi connectivity index (χ1) is 6.81. The zero-order valence-electron chi connectivity index (χ0n) is 7.92. The average Bonchev–Trinajstić information content (AvgIpc) is 2.14. The maximum absolute atomic E-state index is 9.99. The summed E-state index contributed by atoms with van der Waals surface area (Å²) in [4.78, 5) is 29.1. The molecule has 16 heavy (non-hydrogen) atoms. The van der Waals surface area contributed by atoms with Crippen molar-refractivity contribution in [2.75, 3.05) is 6.54 Å². The van der Waals surface area contributed by atoms with Gasteiger partial charge < -0.3 is 26.8 Å². The van der Waals surface area contributed by atoms with Crippen molar-refractivity contribution in [2.24, 2.45) is 11.5 Å². The number of nitrogens with two attached hydrogens (primary N) is 2. The second-order valence-corrected chi connectivity index (χ2v) is 2.48. The molecule has 0 amide bonds.